The molecule has 0 saturated carbocycles. The molecule has 0 atom stereocenters. The summed E-state index contributed by atoms with van der Waals surface area (Å²) in [4.78, 5) is 10.9. The number of hydrogen-bond acceptors (Lipinski definition) is 1. The molecule has 1 nitrogen and oxygen atoms in total. The molecule has 0 spiro atoms. The highest BCUT2D eigenvalue weighted by Crippen LogP contribution is 1.92. The van der Waals surface area contributed by atoms with Crippen LogP contribution >= 0.6 is 0 Å². The van der Waals surface area contributed by atoms with Crippen molar-refractivity contribution in [1.82, 2.24) is 0 Å². The summed E-state index contributed by atoms with van der Waals surface area (Å²) < 4.78 is 34.4. The molecule has 0 unspecified atom stereocenters. The van der Waals surface area contributed by atoms with Crippen LogP contribution in [0, 0.1) is 0 Å². The lowest BCUT2D eigenvalue weighted by molar-refractivity contribution is -0.117. The Morgan fingerprint density at radius 2 is 2.71 bits per heavy atom. The minimum absolute atomic E-state index is 0.0375. The summed E-state index contributed by atoms with van der Waals surface area (Å²) in [6, 6.07) is 0. The molecule has 0 aromatic heterocycles. The summed E-state index contributed by atoms with van der Waals surface area (Å²) in [5.74, 6) is -1.29. The average molecular weight is 105 g/mol. The third-order valence-corrected chi connectivity index (χ3v) is 0.536. The third kappa shape index (κ3) is 5.67. The standard InChI is InChI=1S/C6H12O/c1-3-4-5-6(2)7/h3-5H2,1-2H3/i2D3,5D2. The molecule has 0 amide bonds. The van der Waals surface area contributed by atoms with Gasteiger partial charge in [-0.1, -0.05) is 13.3 Å². The molecule has 0 bridgehead atoms. The van der Waals surface area contributed by atoms with Crippen molar-refractivity contribution in [3.63, 3.8) is 0 Å². The van der Waals surface area contributed by atoms with Crippen LogP contribution in [0.1, 0.15) is 39.8 Å². The maximum absolute atomic E-state index is 10.9. The van der Waals surface area contributed by atoms with Crippen molar-refractivity contribution < 1.29 is 11.6 Å². The Bertz CT molecular complexity index is 171. The second-order valence-corrected chi connectivity index (χ2v) is 1.26. The number of rotatable bonds is 3. The van der Waals surface area contributed by atoms with Gasteiger partial charge in [-0.3, -0.25) is 0 Å². The Hall–Kier alpha value is -0.330. The zero-order chi connectivity index (χ0) is 9.99. The van der Waals surface area contributed by atoms with Gasteiger partial charge in [0.25, 0.3) is 0 Å². The molecule has 0 rings (SSSR count). The molecular weight excluding hydrogens is 88.1 g/mol. The Balaban J connectivity index is 4.46. The number of carbonyl (C=O) groups is 1. The van der Waals surface area contributed by atoms with E-state index in [9.17, 15) is 4.79 Å². The number of Topliss-reactive ketones (excluding diaryl/α,β-unsaturated/α-hetero) is 1. The van der Waals surface area contributed by atoms with E-state index in [-0.39, 0.29) is 6.42 Å². The van der Waals surface area contributed by atoms with E-state index in [0.717, 1.165) is 0 Å². The van der Waals surface area contributed by atoms with Gasteiger partial charge in [-0.05, 0) is 13.3 Å². The van der Waals surface area contributed by atoms with E-state index >= 15 is 0 Å². The molecule has 42 valence electrons. The highest BCUT2D eigenvalue weighted by Gasteiger charge is 1.87. The summed E-state index contributed by atoms with van der Waals surface area (Å²) >= 11 is 0. The van der Waals surface area contributed by atoms with Crippen molar-refractivity contribution in [1.29, 1.82) is 0 Å². The SMILES string of the molecule is [2H]C([2H])([2H])C(=O)C([2H])([2H])CCC. The van der Waals surface area contributed by atoms with Gasteiger partial charge in [0.2, 0.25) is 0 Å². The van der Waals surface area contributed by atoms with Crippen LogP contribution in [0.25, 0.3) is 0 Å². The number of hydrogen-bond donors (Lipinski definition) is 0. The molecule has 0 fully saturated rings. The minimum atomic E-state index is -2.82. The van der Waals surface area contributed by atoms with Crippen molar-refractivity contribution in [2.45, 2.75) is 33.0 Å². The quantitative estimate of drug-likeness (QED) is 0.534. The first-order valence-corrected chi connectivity index (χ1v) is 2.26. The monoisotopic (exact) mass is 105 g/mol. The fourth-order valence-corrected chi connectivity index (χ4v) is 0.239. The predicted octanol–water partition coefficient (Wildman–Crippen LogP) is 1.77. The lowest BCUT2D eigenvalue weighted by Gasteiger charge is -1.86. The molecule has 0 heterocycles. The van der Waals surface area contributed by atoms with E-state index in [0.29, 0.717) is 6.42 Å². The van der Waals surface area contributed by atoms with Gasteiger partial charge in [0.05, 0.1) is 0 Å². The van der Waals surface area contributed by atoms with Gasteiger partial charge >= 0.3 is 0 Å². The molecule has 0 aromatic carbocycles. The topological polar surface area (TPSA) is 17.1 Å². The van der Waals surface area contributed by atoms with Gasteiger partial charge < -0.3 is 4.79 Å². The largest absolute Gasteiger partial charge is 0.300 e. The Morgan fingerprint density at radius 1 is 2.00 bits per heavy atom. The van der Waals surface area contributed by atoms with Gasteiger partial charge in [-0.2, -0.15) is 0 Å². The first-order valence-electron chi connectivity index (χ1n) is 4.76. The fourth-order valence-electron chi connectivity index (χ4n) is 0.239. The fraction of sp³-hybridized carbons (Fsp3) is 0.833. The van der Waals surface area contributed by atoms with Crippen molar-refractivity contribution >= 4 is 5.78 Å². The van der Waals surface area contributed by atoms with E-state index in [1.807, 2.05) is 0 Å². The maximum atomic E-state index is 10.9. The Kier molecular flexibility index (Phi) is 1.03. The predicted molar refractivity (Wildman–Crippen MR) is 30.2 cm³/mol. The van der Waals surface area contributed by atoms with E-state index in [2.05, 4.69) is 0 Å². The summed E-state index contributed by atoms with van der Waals surface area (Å²) in [6.07, 6.45) is -1.79. The van der Waals surface area contributed by atoms with Crippen LogP contribution in [-0.4, -0.2) is 5.78 Å². The molecule has 0 aliphatic carbocycles. The first kappa shape index (κ1) is 1.88. The van der Waals surface area contributed by atoms with Crippen molar-refractivity contribution in [3.8, 4) is 0 Å². The summed E-state index contributed by atoms with van der Waals surface area (Å²) in [6.45, 7) is -1.12. The zero-order valence-corrected chi connectivity index (χ0v) is 4.32. The minimum Gasteiger partial charge on any atom is -0.300 e. The van der Waals surface area contributed by atoms with Gasteiger partial charge in [-0.25, -0.2) is 0 Å². The van der Waals surface area contributed by atoms with Crippen molar-refractivity contribution in [3.05, 3.63) is 0 Å². The van der Waals surface area contributed by atoms with E-state index in [1.54, 1.807) is 6.92 Å². The van der Waals surface area contributed by atoms with Crippen LogP contribution in [0.2, 0.25) is 0 Å². The average Bonchev–Trinajstić information content (AvgIpc) is 1.84. The highest BCUT2D eigenvalue weighted by molar-refractivity contribution is 5.75. The van der Waals surface area contributed by atoms with Crippen LogP contribution in [-0.2, 0) is 4.79 Å². The lowest BCUT2D eigenvalue weighted by atomic mass is 10.2. The van der Waals surface area contributed by atoms with Crippen molar-refractivity contribution in [2.75, 3.05) is 0 Å². The van der Waals surface area contributed by atoms with Gasteiger partial charge in [0.1, 0.15) is 5.78 Å². The maximum Gasteiger partial charge on any atom is 0.129 e. The third-order valence-electron chi connectivity index (χ3n) is 0.536. The molecule has 0 N–H and O–H groups in total. The van der Waals surface area contributed by atoms with Crippen LogP contribution in [0.15, 0.2) is 0 Å². The molecule has 0 aliphatic rings. The van der Waals surface area contributed by atoms with Crippen LogP contribution in [0.5, 0.6) is 0 Å². The molecule has 0 aliphatic heterocycles. The summed E-state index contributed by atoms with van der Waals surface area (Å²) in [7, 11) is 0. The molecular formula is C6H12O. The van der Waals surface area contributed by atoms with Gasteiger partial charge in [-0.15, -0.1) is 0 Å². The first-order chi connectivity index (χ1) is 5.22. The second kappa shape index (κ2) is 3.85. The zero-order valence-electron chi connectivity index (χ0n) is 9.32. The van der Waals surface area contributed by atoms with Gasteiger partial charge in [0.15, 0.2) is 0 Å². The highest BCUT2D eigenvalue weighted by atomic mass is 16.1. The van der Waals surface area contributed by atoms with Crippen LogP contribution in [0.3, 0.4) is 0 Å². The molecule has 0 saturated heterocycles. The summed E-state index contributed by atoms with van der Waals surface area (Å²) in [5, 5.41) is 0. The normalized spacial score (nSPS) is 23.3. The Morgan fingerprint density at radius 3 is 3.14 bits per heavy atom. The Labute approximate surface area is 51.8 Å². The molecule has 7 heavy (non-hydrogen) atoms. The number of carbonyl (C=O) groups excluding carboxylic acids is 1. The van der Waals surface area contributed by atoms with Gasteiger partial charge in [0, 0.05) is 13.2 Å². The molecule has 0 radical (unpaired) electrons. The van der Waals surface area contributed by atoms with E-state index in [1.165, 1.54) is 0 Å². The smallest absolute Gasteiger partial charge is 0.129 e. The summed E-state index contributed by atoms with van der Waals surface area (Å²) in [5.41, 5.74) is 0. The number of ketones is 1. The molecule has 0 aromatic rings. The van der Waals surface area contributed by atoms with Crippen molar-refractivity contribution in [2.24, 2.45) is 0 Å². The second-order valence-electron chi connectivity index (χ2n) is 1.26. The van der Waals surface area contributed by atoms with Crippen LogP contribution in [0.4, 0.5) is 0 Å². The van der Waals surface area contributed by atoms with E-state index < -0.39 is 19.0 Å². The lowest BCUT2D eigenvalue weighted by Crippen LogP contribution is -1.86. The molecule has 1 heteroatoms. The van der Waals surface area contributed by atoms with E-state index in [4.69, 9.17) is 6.85 Å². The van der Waals surface area contributed by atoms with Crippen LogP contribution < -0.4 is 0 Å².